The lowest BCUT2D eigenvalue weighted by molar-refractivity contribution is 0.132. The molecule has 3 heteroatoms. The van der Waals surface area contributed by atoms with Crippen LogP contribution in [0.25, 0.3) is 0 Å². The topological polar surface area (TPSA) is 18.5 Å². The Hall–Kier alpha value is -0.535. The molecule has 1 heterocycles. The lowest BCUT2D eigenvalue weighted by Gasteiger charge is -2.22. The molecule has 0 aromatic carbocycles. The van der Waals surface area contributed by atoms with Crippen LogP contribution in [0.2, 0.25) is 5.82 Å². The van der Waals surface area contributed by atoms with E-state index < -0.39 is 0 Å². The lowest BCUT2D eigenvalue weighted by Crippen LogP contribution is -2.32. The van der Waals surface area contributed by atoms with Gasteiger partial charge >= 0.3 is 7.12 Å². The second-order valence-corrected chi connectivity index (χ2v) is 2.81. The largest absolute Gasteiger partial charge is 0.468 e. The van der Waals surface area contributed by atoms with Crippen molar-refractivity contribution < 1.29 is 9.31 Å². The quantitative estimate of drug-likeness (QED) is 0.526. The van der Waals surface area contributed by atoms with Crippen molar-refractivity contribution in [2.45, 2.75) is 12.2 Å². The summed E-state index contributed by atoms with van der Waals surface area (Å²) in [6, 6.07) is 0. The Morgan fingerprint density at radius 3 is 2.36 bits per heavy atom. The minimum absolute atomic E-state index is 0.0289. The molecule has 11 heavy (non-hydrogen) atoms. The molecule has 0 spiro atoms. The number of rotatable bonds is 1. The van der Waals surface area contributed by atoms with E-state index in [0.717, 1.165) is 19.6 Å². The third-order valence-electron chi connectivity index (χ3n) is 1.94. The Morgan fingerprint density at radius 2 is 1.73 bits per heavy atom. The van der Waals surface area contributed by atoms with Gasteiger partial charge in [0.25, 0.3) is 0 Å². The van der Waals surface area contributed by atoms with Crippen LogP contribution >= 0.6 is 0 Å². The van der Waals surface area contributed by atoms with Crippen molar-refractivity contribution in [3.8, 4) is 0 Å². The second-order valence-electron chi connectivity index (χ2n) is 2.81. The Bertz CT molecular complexity index is 171. The van der Waals surface area contributed by atoms with Crippen molar-refractivity contribution in [2.24, 2.45) is 0 Å². The van der Waals surface area contributed by atoms with Crippen LogP contribution in [0.5, 0.6) is 0 Å². The highest BCUT2D eigenvalue weighted by Crippen LogP contribution is 2.22. The molecule has 0 atom stereocenters. The highest BCUT2D eigenvalue weighted by Gasteiger charge is 2.29. The summed E-state index contributed by atoms with van der Waals surface area (Å²) >= 11 is 0. The molecule has 0 unspecified atom stereocenters. The molecule has 0 aromatic heterocycles. The summed E-state index contributed by atoms with van der Waals surface area (Å²) in [4.78, 5) is 0. The molecule has 2 nitrogen and oxygen atoms in total. The van der Waals surface area contributed by atoms with Gasteiger partial charge in [0, 0.05) is 19.0 Å². The predicted molar refractivity (Wildman–Crippen MR) is 44.3 cm³/mol. The average Bonchev–Trinajstić information content (AvgIpc) is 2.58. The van der Waals surface area contributed by atoms with Crippen molar-refractivity contribution in [1.82, 2.24) is 0 Å². The fourth-order valence-electron chi connectivity index (χ4n) is 1.36. The molecule has 0 aromatic rings. The monoisotopic (exact) mass is 150 g/mol. The molecule has 58 valence electrons. The maximum absolute atomic E-state index is 5.44. The Balaban J connectivity index is 1.92. The molecule has 0 saturated carbocycles. The number of hydrogen-bond acceptors (Lipinski definition) is 2. The molecule has 1 fully saturated rings. The van der Waals surface area contributed by atoms with Gasteiger partial charge in [-0.2, -0.15) is 0 Å². The van der Waals surface area contributed by atoms with E-state index in [1.54, 1.807) is 0 Å². The molecule has 0 N–H and O–H groups in total. The van der Waals surface area contributed by atoms with Gasteiger partial charge in [0.15, 0.2) is 0 Å². The fourth-order valence-corrected chi connectivity index (χ4v) is 1.36. The standard InChI is InChI=1S/C8H11BO2/c1-2-5-8(4-1)9-10-6-3-7-11-9/h1-2,4-5,8H,3,6-7H2. The zero-order valence-corrected chi connectivity index (χ0v) is 6.40. The lowest BCUT2D eigenvalue weighted by atomic mass is 9.72. The van der Waals surface area contributed by atoms with Crippen LogP contribution in [-0.2, 0) is 9.31 Å². The Morgan fingerprint density at radius 1 is 1.09 bits per heavy atom. The van der Waals surface area contributed by atoms with E-state index >= 15 is 0 Å². The highest BCUT2D eigenvalue weighted by atomic mass is 16.6. The summed E-state index contributed by atoms with van der Waals surface area (Å²) in [6.45, 7) is 1.67. The van der Waals surface area contributed by atoms with E-state index in [9.17, 15) is 0 Å². The molecule has 1 aliphatic carbocycles. The first-order chi connectivity index (χ1) is 5.47. The molecule has 0 amide bonds. The van der Waals surface area contributed by atoms with Gasteiger partial charge in [-0.15, -0.1) is 0 Å². The van der Waals surface area contributed by atoms with Crippen molar-refractivity contribution >= 4 is 7.12 Å². The molecule has 2 aliphatic rings. The van der Waals surface area contributed by atoms with Crippen LogP contribution < -0.4 is 0 Å². The summed E-state index contributed by atoms with van der Waals surface area (Å²) in [5.74, 6) is 0.343. The molecular weight excluding hydrogens is 139 g/mol. The molecule has 1 saturated heterocycles. The van der Waals surface area contributed by atoms with E-state index in [1.165, 1.54) is 0 Å². The van der Waals surface area contributed by atoms with Gasteiger partial charge in [0.05, 0.1) is 0 Å². The molecule has 2 rings (SSSR count). The van der Waals surface area contributed by atoms with Gasteiger partial charge < -0.3 is 9.31 Å². The molecule has 1 aliphatic heterocycles. The highest BCUT2D eigenvalue weighted by molar-refractivity contribution is 6.48. The zero-order chi connectivity index (χ0) is 7.52. The van der Waals surface area contributed by atoms with Crippen molar-refractivity contribution in [2.75, 3.05) is 13.2 Å². The normalized spacial score (nSPS) is 24.9. The first-order valence-corrected chi connectivity index (χ1v) is 4.05. The first kappa shape index (κ1) is 7.13. The summed E-state index contributed by atoms with van der Waals surface area (Å²) in [6.07, 6.45) is 9.31. The van der Waals surface area contributed by atoms with Crippen molar-refractivity contribution in [3.63, 3.8) is 0 Å². The van der Waals surface area contributed by atoms with E-state index in [2.05, 4.69) is 12.2 Å². The average molecular weight is 150 g/mol. The van der Waals surface area contributed by atoms with E-state index in [0.29, 0.717) is 5.82 Å². The van der Waals surface area contributed by atoms with E-state index in [1.807, 2.05) is 12.2 Å². The second kappa shape index (κ2) is 3.24. The smallest absolute Gasteiger partial charge is 0.410 e. The van der Waals surface area contributed by atoms with E-state index in [4.69, 9.17) is 9.31 Å². The SMILES string of the molecule is C1=CC(B2OCCCO2)C=C1. The Kier molecular flexibility index (Phi) is 2.10. The van der Waals surface area contributed by atoms with Crippen LogP contribution in [0.15, 0.2) is 24.3 Å². The van der Waals surface area contributed by atoms with Crippen LogP contribution in [0.4, 0.5) is 0 Å². The van der Waals surface area contributed by atoms with Crippen LogP contribution in [0.3, 0.4) is 0 Å². The van der Waals surface area contributed by atoms with Gasteiger partial charge in [-0.3, -0.25) is 0 Å². The van der Waals surface area contributed by atoms with Crippen LogP contribution in [0, 0.1) is 0 Å². The summed E-state index contributed by atoms with van der Waals surface area (Å²) in [5.41, 5.74) is 0. The summed E-state index contributed by atoms with van der Waals surface area (Å²) < 4.78 is 10.9. The molecule has 0 radical (unpaired) electrons. The van der Waals surface area contributed by atoms with Crippen LogP contribution in [-0.4, -0.2) is 20.3 Å². The minimum atomic E-state index is -0.0289. The minimum Gasteiger partial charge on any atom is -0.410 e. The third-order valence-corrected chi connectivity index (χ3v) is 1.94. The van der Waals surface area contributed by atoms with Gasteiger partial charge in [-0.05, 0) is 6.42 Å². The number of allylic oxidation sites excluding steroid dienone is 4. The van der Waals surface area contributed by atoms with Crippen LogP contribution in [0.1, 0.15) is 6.42 Å². The maximum atomic E-state index is 5.44. The summed E-state index contributed by atoms with van der Waals surface area (Å²) in [7, 11) is -0.0289. The van der Waals surface area contributed by atoms with Gasteiger partial charge in [-0.1, -0.05) is 24.3 Å². The summed E-state index contributed by atoms with van der Waals surface area (Å²) in [5, 5.41) is 0. The van der Waals surface area contributed by atoms with Gasteiger partial charge in [0.1, 0.15) is 0 Å². The van der Waals surface area contributed by atoms with Gasteiger partial charge in [-0.25, -0.2) is 0 Å². The predicted octanol–water partition coefficient (Wildman–Crippen LogP) is 1.41. The fraction of sp³-hybridized carbons (Fsp3) is 0.500. The number of hydrogen-bond donors (Lipinski definition) is 0. The first-order valence-electron chi connectivity index (χ1n) is 4.05. The molecule has 0 bridgehead atoms. The third kappa shape index (κ3) is 1.55. The van der Waals surface area contributed by atoms with E-state index in [-0.39, 0.29) is 7.12 Å². The van der Waals surface area contributed by atoms with Crippen molar-refractivity contribution in [3.05, 3.63) is 24.3 Å². The zero-order valence-electron chi connectivity index (χ0n) is 6.40. The van der Waals surface area contributed by atoms with Crippen molar-refractivity contribution in [1.29, 1.82) is 0 Å². The Labute approximate surface area is 67.0 Å². The maximum Gasteiger partial charge on any atom is 0.468 e. The molecular formula is C8H11BO2. The van der Waals surface area contributed by atoms with Gasteiger partial charge in [0.2, 0.25) is 0 Å².